The van der Waals surface area contributed by atoms with Crippen molar-refractivity contribution in [3.05, 3.63) is 65.1 Å². The van der Waals surface area contributed by atoms with E-state index in [1.165, 1.54) is 10.7 Å². The molecule has 3 N–H and O–H groups in total. The molecule has 3 heterocycles. The van der Waals surface area contributed by atoms with Crippen LogP contribution in [-0.2, 0) is 16.9 Å². The Hall–Kier alpha value is -3.66. The molecule has 3 aromatic heterocycles. The van der Waals surface area contributed by atoms with E-state index in [2.05, 4.69) is 25.7 Å². The molecule has 10 heteroatoms. The van der Waals surface area contributed by atoms with Crippen LogP contribution >= 0.6 is 0 Å². The molecule has 0 aliphatic carbocycles. The number of nitrogens with one attached hydrogen (secondary N) is 3. The third-order valence-electron chi connectivity index (χ3n) is 4.29. The molecular weight excluding hydrogens is 392 g/mol. The smallest absolute Gasteiger partial charge is 0.277 e. The van der Waals surface area contributed by atoms with E-state index in [9.17, 15) is 13.2 Å². The number of rotatable bonds is 5. The van der Waals surface area contributed by atoms with Crippen LogP contribution in [-0.4, -0.2) is 34.4 Å². The third kappa shape index (κ3) is 3.69. The van der Waals surface area contributed by atoms with Crippen LogP contribution in [0.4, 0.5) is 23.0 Å². The number of para-hydroxylation sites is 1. The van der Waals surface area contributed by atoms with Gasteiger partial charge < -0.3 is 10.6 Å². The summed E-state index contributed by atoms with van der Waals surface area (Å²) in [4.78, 5) is 21.4. The minimum atomic E-state index is -3.47. The lowest BCUT2D eigenvalue weighted by Gasteiger charge is -2.13. The molecule has 0 aliphatic heterocycles. The number of fused-ring (bicyclic) bond motifs is 1. The van der Waals surface area contributed by atoms with Gasteiger partial charge in [0.25, 0.3) is 5.56 Å². The van der Waals surface area contributed by atoms with Gasteiger partial charge in [0, 0.05) is 25.6 Å². The molecule has 0 spiro atoms. The zero-order valence-corrected chi connectivity index (χ0v) is 16.5. The number of hydrogen-bond donors (Lipinski definition) is 3. The first-order valence-corrected chi connectivity index (χ1v) is 10.6. The summed E-state index contributed by atoms with van der Waals surface area (Å²) in [7, 11) is -1.88. The van der Waals surface area contributed by atoms with E-state index in [1.54, 1.807) is 49.6 Å². The highest BCUT2D eigenvalue weighted by Gasteiger charge is 2.17. The first kappa shape index (κ1) is 18.7. The van der Waals surface area contributed by atoms with Crippen LogP contribution < -0.4 is 16.2 Å². The monoisotopic (exact) mass is 410 g/mol. The number of hydrogen-bond acceptors (Lipinski definition) is 7. The molecule has 0 saturated heterocycles. The number of aryl methyl sites for hydroxylation is 1. The summed E-state index contributed by atoms with van der Waals surface area (Å²) in [6.07, 6.45) is 2.78. The number of pyridine rings is 2. The number of aromatic amines is 1. The summed E-state index contributed by atoms with van der Waals surface area (Å²) in [6, 6.07) is 13.6. The van der Waals surface area contributed by atoms with Gasteiger partial charge in [0.15, 0.2) is 15.5 Å². The van der Waals surface area contributed by atoms with E-state index in [-0.39, 0.29) is 10.5 Å². The SMILES string of the molecule is Cn1[nH]c2nc(Nc3ccccn3)cc(Nc3ccccc3S(C)(=O)=O)c2c1=O. The lowest BCUT2D eigenvalue weighted by Crippen LogP contribution is -2.12. The van der Waals surface area contributed by atoms with Gasteiger partial charge in [-0.2, -0.15) is 0 Å². The van der Waals surface area contributed by atoms with Gasteiger partial charge in [-0.25, -0.2) is 18.4 Å². The van der Waals surface area contributed by atoms with E-state index < -0.39 is 9.84 Å². The van der Waals surface area contributed by atoms with Crippen LogP contribution in [0.1, 0.15) is 0 Å². The Morgan fingerprint density at radius 3 is 2.48 bits per heavy atom. The average molecular weight is 410 g/mol. The van der Waals surface area contributed by atoms with Crippen molar-refractivity contribution in [2.24, 2.45) is 7.05 Å². The molecule has 148 valence electrons. The van der Waals surface area contributed by atoms with Crippen molar-refractivity contribution >= 4 is 43.9 Å². The number of aromatic nitrogens is 4. The number of H-pyrrole nitrogens is 1. The largest absolute Gasteiger partial charge is 0.354 e. The van der Waals surface area contributed by atoms with Gasteiger partial charge >= 0.3 is 0 Å². The summed E-state index contributed by atoms with van der Waals surface area (Å²) in [5, 5.41) is 9.39. The molecule has 1 aromatic carbocycles. The van der Waals surface area contributed by atoms with Crippen molar-refractivity contribution in [1.82, 2.24) is 19.7 Å². The molecule has 0 radical (unpaired) electrons. The van der Waals surface area contributed by atoms with Crippen LogP contribution in [0, 0.1) is 0 Å². The average Bonchev–Trinajstić information content (AvgIpc) is 2.96. The number of sulfone groups is 1. The van der Waals surface area contributed by atoms with Crippen molar-refractivity contribution in [1.29, 1.82) is 0 Å². The van der Waals surface area contributed by atoms with Crippen LogP contribution in [0.2, 0.25) is 0 Å². The lowest BCUT2D eigenvalue weighted by molar-refractivity contribution is 0.602. The minimum absolute atomic E-state index is 0.136. The summed E-state index contributed by atoms with van der Waals surface area (Å²) in [5.41, 5.74) is 0.870. The Kier molecular flexibility index (Phi) is 4.55. The normalized spacial score (nSPS) is 11.5. The van der Waals surface area contributed by atoms with Crippen molar-refractivity contribution < 1.29 is 8.42 Å². The van der Waals surface area contributed by atoms with Crippen molar-refractivity contribution in [3.8, 4) is 0 Å². The minimum Gasteiger partial charge on any atom is -0.354 e. The van der Waals surface area contributed by atoms with Gasteiger partial charge in [0.1, 0.15) is 17.0 Å². The standard InChI is InChI=1S/C19H18N6O3S/c1-25-19(26)17-13(21-12-7-3-4-8-14(12)29(2,27)28)11-16(23-18(17)24-25)22-15-9-5-6-10-20-15/h3-11H,1-2H3,(H3,20,21,22,23,24). The second-order valence-corrected chi connectivity index (χ2v) is 8.47. The molecule has 0 saturated carbocycles. The second-order valence-electron chi connectivity index (χ2n) is 6.49. The maximum atomic E-state index is 12.6. The fourth-order valence-electron chi connectivity index (χ4n) is 2.99. The summed E-state index contributed by atoms with van der Waals surface area (Å²) >= 11 is 0. The Morgan fingerprint density at radius 2 is 1.76 bits per heavy atom. The van der Waals surface area contributed by atoms with Crippen LogP contribution in [0.25, 0.3) is 11.0 Å². The Labute approximate surface area is 166 Å². The Morgan fingerprint density at radius 1 is 1.00 bits per heavy atom. The molecule has 0 bridgehead atoms. The van der Waals surface area contributed by atoms with Gasteiger partial charge in [-0.1, -0.05) is 18.2 Å². The number of nitrogens with zero attached hydrogens (tertiary/aromatic N) is 3. The third-order valence-corrected chi connectivity index (χ3v) is 5.44. The molecule has 29 heavy (non-hydrogen) atoms. The van der Waals surface area contributed by atoms with E-state index in [0.29, 0.717) is 34.0 Å². The van der Waals surface area contributed by atoms with Gasteiger partial charge in [-0.3, -0.25) is 14.6 Å². The van der Waals surface area contributed by atoms with E-state index in [0.717, 1.165) is 6.26 Å². The Bertz CT molecular complexity index is 1360. The molecule has 4 rings (SSSR count). The van der Waals surface area contributed by atoms with Crippen molar-refractivity contribution in [3.63, 3.8) is 0 Å². The highest BCUT2D eigenvalue weighted by atomic mass is 32.2. The Balaban J connectivity index is 1.86. The first-order chi connectivity index (χ1) is 13.8. The molecule has 0 unspecified atom stereocenters. The second kappa shape index (κ2) is 7.06. The molecule has 9 nitrogen and oxygen atoms in total. The van der Waals surface area contributed by atoms with Gasteiger partial charge in [0.2, 0.25) is 0 Å². The zero-order valence-electron chi connectivity index (χ0n) is 15.7. The predicted molar refractivity (Wildman–Crippen MR) is 112 cm³/mol. The van der Waals surface area contributed by atoms with Crippen LogP contribution in [0.5, 0.6) is 0 Å². The summed E-state index contributed by atoms with van der Waals surface area (Å²) in [5.74, 6) is 1.03. The number of anilines is 4. The molecule has 0 atom stereocenters. The van der Waals surface area contributed by atoms with E-state index in [1.807, 2.05) is 6.07 Å². The number of benzene rings is 1. The molecule has 0 fully saturated rings. The fourth-order valence-corrected chi connectivity index (χ4v) is 3.83. The van der Waals surface area contributed by atoms with Gasteiger partial charge in [0.05, 0.1) is 16.3 Å². The molecule has 0 aliphatic rings. The highest BCUT2D eigenvalue weighted by molar-refractivity contribution is 7.90. The lowest BCUT2D eigenvalue weighted by atomic mass is 10.2. The van der Waals surface area contributed by atoms with Crippen molar-refractivity contribution in [2.75, 3.05) is 16.9 Å². The zero-order chi connectivity index (χ0) is 20.6. The molecule has 4 aromatic rings. The van der Waals surface area contributed by atoms with Crippen LogP contribution in [0.15, 0.2) is 64.4 Å². The maximum absolute atomic E-state index is 12.6. The maximum Gasteiger partial charge on any atom is 0.277 e. The molecule has 0 amide bonds. The van der Waals surface area contributed by atoms with E-state index >= 15 is 0 Å². The quantitative estimate of drug-likeness (QED) is 0.462. The highest BCUT2D eigenvalue weighted by Crippen LogP contribution is 2.30. The fraction of sp³-hybridized carbons (Fsp3) is 0.105. The van der Waals surface area contributed by atoms with Crippen molar-refractivity contribution in [2.45, 2.75) is 4.90 Å². The summed E-state index contributed by atoms with van der Waals surface area (Å²) < 4.78 is 25.6. The van der Waals surface area contributed by atoms with Gasteiger partial charge in [-0.05, 0) is 24.3 Å². The predicted octanol–water partition coefficient (Wildman–Crippen LogP) is 2.55. The van der Waals surface area contributed by atoms with Crippen LogP contribution in [0.3, 0.4) is 0 Å². The summed E-state index contributed by atoms with van der Waals surface area (Å²) in [6.45, 7) is 0. The molecular formula is C19H18N6O3S. The van der Waals surface area contributed by atoms with E-state index in [4.69, 9.17) is 0 Å². The topological polar surface area (TPSA) is 122 Å². The first-order valence-electron chi connectivity index (χ1n) is 8.67. The van der Waals surface area contributed by atoms with Gasteiger partial charge in [-0.15, -0.1) is 0 Å².